The maximum atomic E-state index is 12.9. The van der Waals surface area contributed by atoms with Crippen molar-refractivity contribution in [2.75, 3.05) is 13.2 Å². The van der Waals surface area contributed by atoms with Crippen molar-refractivity contribution < 1.29 is 28.6 Å². The van der Waals surface area contributed by atoms with Crippen molar-refractivity contribution in [3.8, 4) is 0 Å². The molecule has 0 aromatic rings. The highest BCUT2D eigenvalue weighted by atomic mass is 16.6. The minimum atomic E-state index is -0.774. The molecule has 0 aromatic carbocycles. The predicted molar refractivity (Wildman–Crippen MR) is 363 cm³/mol. The molecule has 83 heavy (non-hydrogen) atoms. The molecule has 0 aliphatic carbocycles. The van der Waals surface area contributed by atoms with Gasteiger partial charge in [-0.05, 0) is 70.6 Å². The van der Waals surface area contributed by atoms with E-state index in [0.29, 0.717) is 19.3 Å². The number of unbranched alkanes of at least 4 members (excludes halogenated alkanes) is 56. The lowest BCUT2D eigenvalue weighted by atomic mass is 10.0. The zero-order valence-electron chi connectivity index (χ0n) is 56.5. The Balaban J connectivity index is 4.10. The molecular weight excluding hydrogens is 1020 g/mol. The second kappa shape index (κ2) is 72.4. The molecule has 6 heteroatoms. The van der Waals surface area contributed by atoms with Crippen LogP contribution in [-0.4, -0.2) is 37.2 Å². The molecular formula is C77H146O6. The lowest BCUT2D eigenvalue weighted by Crippen LogP contribution is -2.30. The summed E-state index contributed by atoms with van der Waals surface area (Å²) in [4.78, 5) is 38.4. The Bertz CT molecular complexity index is 1340. The van der Waals surface area contributed by atoms with Crippen molar-refractivity contribution >= 4 is 17.9 Å². The van der Waals surface area contributed by atoms with Crippen molar-refractivity contribution in [3.05, 3.63) is 24.3 Å². The fraction of sp³-hybridized carbons (Fsp3) is 0.909. The van der Waals surface area contributed by atoms with Crippen molar-refractivity contribution in [3.63, 3.8) is 0 Å². The minimum Gasteiger partial charge on any atom is -0.462 e. The Labute approximate surface area is 519 Å². The summed E-state index contributed by atoms with van der Waals surface area (Å²) in [7, 11) is 0. The number of carbonyl (C=O) groups is 3. The first-order valence-electron chi connectivity index (χ1n) is 37.8. The van der Waals surface area contributed by atoms with Gasteiger partial charge in [0.15, 0.2) is 6.10 Å². The molecule has 1 atom stereocenters. The standard InChI is InChI=1S/C77H146O6/c1-4-7-10-13-16-19-22-25-27-29-31-32-33-34-35-36-37-38-39-40-41-42-43-44-46-47-49-52-55-58-61-64-67-70-76(79)82-73-74(72-81-75(78)69-66-63-60-57-54-51-24-21-18-15-12-9-6-3)83-77(80)71-68-65-62-59-56-53-50-48-45-30-28-26-23-20-17-14-11-8-5-2/h21,24,26,28,74H,4-20,22-23,25,27,29-73H2,1-3H3/b24-21-,28-26-. The Morgan fingerprint density at radius 2 is 0.398 bits per heavy atom. The van der Waals surface area contributed by atoms with E-state index in [1.54, 1.807) is 0 Å². The normalized spacial score (nSPS) is 12.1. The van der Waals surface area contributed by atoms with Crippen molar-refractivity contribution in [1.29, 1.82) is 0 Å². The van der Waals surface area contributed by atoms with E-state index in [9.17, 15) is 14.4 Å². The van der Waals surface area contributed by atoms with Crippen LogP contribution in [0, 0.1) is 0 Å². The molecule has 0 amide bonds. The van der Waals surface area contributed by atoms with Crippen molar-refractivity contribution in [2.24, 2.45) is 0 Å². The van der Waals surface area contributed by atoms with Crippen LogP contribution in [0.3, 0.4) is 0 Å². The van der Waals surface area contributed by atoms with Crippen LogP contribution in [0.5, 0.6) is 0 Å². The SMILES string of the molecule is CCCCCC/C=C\CCCCCCCC(=O)OCC(COC(=O)CCCCCCCCCCCCCCCCCCCCCCCCCCCCCCCCCCC)OC(=O)CCCCCCCCCCC/C=C\CCCCCCCC. The summed E-state index contributed by atoms with van der Waals surface area (Å²) in [6.07, 6.45) is 89.6. The van der Waals surface area contributed by atoms with Crippen LogP contribution < -0.4 is 0 Å². The number of rotatable bonds is 71. The van der Waals surface area contributed by atoms with Gasteiger partial charge in [-0.15, -0.1) is 0 Å². The quantitative estimate of drug-likeness (QED) is 0.0261. The Morgan fingerprint density at radius 1 is 0.229 bits per heavy atom. The lowest BCUT2D eigenvalue weighted by molar-refractivity contribution is -0.167. The van der Waals surface area contributed by atoms with E-state index in [0.717, 1.165) is 64.2 Å². The molecule has 0 saturated carbocycles. The van der Waals surface area contributed by atoms with Gasteiger partial charge in [-0.1, -0.05) is 366 Å². The highest BCUT2D eigenvalue weighted by Crippen LogP contribution is 2.19. The molecule has 6 nitrogen and oxygen atoms in total. The Morgan fingerprint density at radius 3 is 0.614 bits per heavy atom. The maximum Gasteiger partial charge on any atom is 0.306 e. The van der Waals surface area contributed by atoms with Gasteiger partial charge in [0.25, 0.3) is 0 Å². The predicted octanol–water partition coefficient (Wildman–Crippen LogP) is 26.1. The summed E-state index contributed by atoms with van der Waals surface area (Å²) in [6.45, 7) is 6.70. The summed E-state index contributed by atoms with van der Waals surface area (Å²) < 4.78 is 17.0. The first-order chi connectivity index (χ1) is 41.0. The van der Waals surface area contributed by atoms with Gasteiger partial charge in [-0.2, -0.15) is 0 Å². The second-order valence-corrected chi connectivity index (χ2v) is 25.9. The molecule has 0 spiro atoms. The lowest BCUT2D eigenvalue weighted by Gasteiger charge is -2.18. The highest BCUT2D eigenvalue weighted by Gasteiger charge is 2.20. The molecule has 0 N–H and O–H groups in total. The molecule has 0 bridgehead atoms. The third-order valence-corrected chi connectivity index (χ3v) is 17.4. The average molecular weight is 1170 g/mol. The zero-order chi connectivity index (χ0) is 59.9. The van der Waals surface area contributed by atoms with Crippen LogP contribution in [0.25, 0.3) is 0 Å². The van der Waals surface area contributed by atoms with Gasteiger partial charge < -0.3 is 14.2 Å². The molecule has 0 aliphatic heterocycles. The van der Waals surface area contributed by atoms with Gasteiger partial charge >= 0.3 is 17.9 Å². The Kier molecular flexibility index (Phi) is 70.5. The van der Waals surface area contributed by atoms with E-state index in [4.69, 9.17) is 14.2 Å². The number of hydrogen-bond donors (Lipinski definition) is 0. The van der Waals surface area contributed by atoms with Crippen molar-refractivity contribution in [2.45, 2.75) is 438 Å². The molecule has 0 heterocycles. The van der Waals surface area contributed by atoms with Gasteiger partial charge in [0, 0.05) is 19.3 Å². The fourth-order valence-corrected chi connectivity index (χ4v) is 11.7. The summed E-state index contributed by atoms with van der Waals surface area (Å²) in [5.74, 6) is -0.849. The molecule has 0 fully saturated rings. The van der Waals surface area contributed by atoms with E-state index < -0.39 is 6.10 Å². The van der Waals surface area contributed by atoms with Gasteiger partial charge in [0.05, 0.1) is 0 Å². The van der Waals surface area contributed by atoms with Crippen molar-refractivity contribution in [1.82, 2.24) is 0 Å². The molecule has 0 aromatic heterocycles. The van der Waals surface area contributed by atoms with E-state index in [1.165, 1.54) is 327 Å². The summed E-state index contributed by atoms with van der Waals surface area (Å²) >= 11 is 0. The molecule has 0 aliphatic rings. The number of ether oxygens (including phenoxy) is 3. The largest absolute Gasteiger partial charge is 0.462 e. The number of allylic oxidation sites excluding steroid dienone is 4. The van der Waals surface area contributed by atoms with E-state index in [1.807, 2.05) is 0 Å². The van der Waals surface area contributed by atoms with E-state index in [-0.39, 0.29) is 31.1 Å². The fourth-order valence-electron chi connectivity index (χ4n) is 11.7. The van der Waals surface area contributed by atoms with E-state index >= 15 is 0 Å². The summed E-state index contributed by atoms with van der Waals surface area (Å²) in [5.41, 5.74) is 0. The first-order valence-corrected chi connectivity index (χ1v) is 37.8. The van der Waals surface area contributed by atoms with Crippen LogP contribution in [0.15, 0.2) is 24.3 Å². The van der Waals surface area contributed by atoms with Crippen LogP contribution in [0.1, 0.15) is 432 Å². The zero-order valence-corrected chi connectivity index (χ0v) is 56.5. The van der Waals surface area contributed by atoms with Crippen LogP contribution in [0.4, 0.5) is 0 Å². The van der Waals surface area contributed by atoms with Gasteiger partial charge in [0.2, 0.25) is 0 Å². The molecule has 1 unspecified atom stereocenters. The first kappa shape index (κ1) is 80.9. The maximum absolute atomic E-state index is 12.9. The molecule has 0 rings (SSSR count). The highest BCUT2D eigenvalue weighted by molar-refractivity contribution is 5.71. The van der Waals surface area contributed by atoms with Gasteiger partial charge in [-0.25, -0.2) is 0 Å². The number of hydrogen-bond acceptors (Lipinski definition) is 6. The molecule has 0 radical (unpaired) electrons. The van der Waals surface area contributed by atoms with E-state index in [2.05, 4.69) is 45.1 Å². The second-order valence-electron chi connectivity index (χ2n) is 25.9. The molecule has 490 valence electrons. The topological polar surface area (TPSA) is 78.9 Å². The monoisotopic (exact) mass is 1170 g/mol. The third-order valence-electron chi connectivity index (χ3n) is 17.4. The average Bonchev–Trinajstić information content (AvgIpc) is 3.49. The number of esters is 3. The van der Waals surface area contributed by atoms with Crippen LogP contribution >= 0.6 is 0 Å². The third kappa shape index (κ3) is 70.5. The molecule has 0 saturated heterocycles. The minimum absolute atomic E-state index is 0.0693. The van der Waals surface area contributed by atoms with Gasteiger partial charge in [-0.3, -0.25) is 14.4 Å². The van der Waals surface area contributed by atoms with Gasteiger partial charge in [0.1, 0.15) is 13.2 Å². The number of carbonyl (C=O) groups excluding carboxylic acids is 3. The smallest absolute Gasteiger partial charge is 0.306 e. The summed E-state index contributed by atoms with van der Waals surface area (Å²) in [6, 6.07) is 0. The van der Waals surface area contributed by atoms with Crippen LogP contribution in [-0.2, 0) is 28.6 Å². The Hall–Kier alpha value is -2.11. The van der Waals surface area contributed by atoms with Crippen LogP contribution in [0.2, 0.25) is 0 Å². The summed E-state index contributed by atoms with van der Waals surface area (Å²) in [5, 5.41) is 0.